The molecule has 1 N–H and O–H groups in total. The summed E-state index contributed by atoms with van der Waals surface area (Å²) in [4.78, 5) is 4.24. The molecule has 0 aliphatic rings. The highest BCUT2D eigenvalue weighted by molar-refractivity contribution is 9.10. The Bertz CT molecular complexity index is 574. The lowest BCUT2D eigenvalue weighted by molar-refractivity contribution is 0.404. The lowest BCUT2D eigenvalue weighted by Gasteiger charge is -2.19. The molecule has 0 spiro atoms. The summed E-state index contributed by atoms with van der Waals surface area (Å²) in [5.74, 6) is 0.952. The van der Waals surface area contributed by atoms with E-state index >= 15 is 0 Å². The third kappa shape index (κ3) is 4.83. The van der Waals surface area contributed by atoms with Gasteiger partial charge in [-0.3, -0.25) is 4.98 Å². The maximum Gasteiger partial charge on any atom is 0.122 e. The normalized spacial score (nSPS) is 12.1. The van der Waals surface area contributed by atoms with Crippen molar-refractivity contribution in [2.24, 2.45) is 0 Å². The number of pyridine rings is 1. The first-order valence-corrected chi connectivity index (χ1v) is 7.97. The van der Waals surface area contributed by atoms with E-state index in [0.717, 1.165) is 29.6 Å². The summed E-state index contributed by atoms with van der Waals surface area (Å²) >= 11 is 3.48. The van der Waals surface area contributed by atoms with Crippen LogP contribution in [-0.4, -0.2) is 24.7 Å². The Labute approximate surface area is 134 Å². The zero-order chi connectivity index (χ0) is 15.1. The predicted octanol–water partition coefficient (Wildman–Crippen LogP) is 3.62. The van der Waals surface area contributed by atoms with Crippen molar-refractivity contribution >= 4 is 15.9 Å². The number of para-hydroxylation sites is 1. The van der Waals surface area contributed by atoms with Crippen LogP contribution in [0.25, 0.3) is 0 Å². The van der Waals surface area contributed by atoms with Crippen molar-refractivity contribution in [1.82, 2.24) is 10.3 Å². The fraction of sp³-hybridized carbons (Fsp3) is 0.353. The van der Waals surface area contributed by atoms with Gasteiger partial charge in [-0.25, -0.2) is 0 Å². The van der Waals surface area contributed by atoms with E-state index in [-0.39, 0.29) is 0 Å². The molecule has 2 aromatic rings. The lowest BCUT2D eigenvalue weighted by atomic mass is 9.99. The number of ether oxygens (including phenoxy) is 1. The molecule has 112 valence electrons. The Morgan fingerprint density at radius 2 is 2.05 bits per heavy atom. The number of methoxy groups -OCH3 is 1. The van der Waals surface area contributed by atoms with E-state index in [2.05, 4.69) is 51.4 Å². The number of aromatic nitrogens is 1. The first-order chi connectivity index (χ1) is 10.2. The predicted molar refractivity (Wildman–Crippen MR) is 89.8 cm³/mol. The van der Waals surface area contributed by atoms with E-state index in [1.165, 1.54) is 11.1 Å². The summed E-state index contributed by atoms with van der Waals surface area (Å²) < 4.78 is 6.47. The van der Waals surface area contributed by atoms with E-state index in [1.54, 1.807) is 7.11 Å². The maximum absolute atomic E-state index is 5.45. The van der Waals surface area contributed by atoms with Gasteiger partial charge in [0.15, 0.2) is 0 Å². The van der Waals surface area contributed by atoms with Crippen molar-refractivity contribution in [2.45, 2.75) is 25.8 Å². The molecular weight excluding hydrogens is 328 g/mol. The molecule has 21 heavy (non-hydrogen) atoms. The van der Waals surface area contributed by atoms with Crippen LogP contribution in [0.3, 0.4) is 0 Å². The van der Waals surface area contributed by atoms with E-state index < -0.39 is 0 Å². The third-order valence-corrected chi connectivity index (χ3v) is 3.83. The van der Waals surface area contributed by atoms with Gasteiger partial charge in [0.25, 0.3) is 0 Å². The summed E-state index contributed by atoms with van der Waals surface area (Å²) in [7, 11) is 1.72. The molecule has 4 heteroatoms. The van der Waals surface area contributed by atoms with Crippen LogP contribution in [0.2, 0.25) is 0 Å². The lowest BCUT2D eigenvalue weighted by Crippen LogP contribution is -2.33. The number of nitrogens with zero attached hydrogens (tertiary/aromatic N) is 1. The van der Waals surface area contributed by atoms with Crippen LogP contribution in [0.4, 0.5) is 0 Å². The minimum atomic E-state index is 0.363. The summed E-state index contributed by atoms with van der Waals surface area (Å²) in [6, 6.07) is 10.7. The van der Waals surface area contributed by atoms with Gasteiger partial charge >= 0.3 is 0 Å². The van der Waals surface area contributed by atoms with Crippen LogP contribution >= 0.6 is 15.9 Å². The van der Waals surface area contributed by atoms with E-state index in [1.807, 2.05) is 24.5 Å². The monoisotopic (exact) mass is 348 g/mol. The highest BCUT2D eigenvalue weighted by atomic mass is 79.9. The van der Waals surface area contributed by atoms with Crippen LogP contribution in [-0.2, 0) is 12.8 Å². The van der Waals surface area contributed by atoms with Crippen molar-refractivity contribution in [2.75, 3.05) is 13.7 Å². The molecule has 0 aliphatic carbocycles. The molecule has 3 nitrogen and oxygen atoms in total. The standard InChI is InChI=1S/C17H21BrN2O/c1-3-20-16(9-13-8-15(18)12-19-11-13)10-14-6-4-5-7-17(14)21-2/h4-8,11-12,16,20H,3,9-10H2,1-2H3. The number of hydrogen-bond donors (Lipinski definition) is 1. The minimum Gasteiger partial charge on any atom is -0.496 e. The summed E-state index contributed by atoms with van der Waals surface area (Å²) in [5, 5.41) is 3.55. The number of rotatable bonds is 7. The smallest absolute Gasteiger partial charge is 0.122 e. The number of benzene rings is 1. The highest BCUT2D eigenvalue weighted by Gasteiger charge is 2.12. The second-order valence-electron chi connectivity index (χ2n) is 4.99. The second-order valence-corrected chi connectivity index (χ2v) is 5.90. The molecule has 0 saturated heterocycles. The maximum atomic E-state index is 5.45. The number of nitrogens with one attached hydrogen (secondary N) is 1. The Balaban J connectivity index is 2.11. The largest absolute Gasteiger partial charge is 0.496 e. The Kier molecular flexibility index (Phi) is 6.21. The van der Waals surface area contributed by atoms with Gasteiger partial charge in [0.2, 0.25) is 0 Å². The first kappa shape index (κ1) is 16.0. The number of likely N-dealkylation sites (N-methyl/N-ethyl adjacent to an activating group) is 1. The molecule has 1 unspecified atom stereocenters. The zero-order valence-corrected chi connectivity index (χ0v) is 14.1. The van der Waals surface area contributed by atoms with E-state index in [0.29, 0.717) is 6.04 Å². The minimum absolute atomic E-state index is 0.363. The van der Waals surface area contributed by atoms with Gasteiger partial charge < -0.3 is 10.1 Å². The topological polar surface area (TPSA) is 34.2 Å². The number of hydrogen-bond acceptors (Lipinski definition) is 3. The summed E-state index contributed by atoms with van der Waals surface area (Å²) in [5.41, 5.74) is 2.46. The molecule has 1 aromatic carbocycles. The van der Waals surface area contributed by atoms with Gasteiger partial charge in [0.1, 0.15) is 5.75 Å². The summed E-state index contributed by atoms with van der Waals surface area (Å²) in [6.07, 6.45) is 5.62. The van der Waals surface area contributed by atoms with Gasteiger partial charge in [0.05, 0.1) is 7.11 Å². The van der Waals surface area contributed by atoms with Crippen LogP contribution in [0.1, 0.15) is 18.1 Å². The van der Waals surface area contributed by atoms with Gasteiger partial charge in [0, 0.05) is 22.9 Å². The average Bonchev–Trinajstić information content (AvgIpc) is 2.48. The molecule has 0 radical (unpaired) electrons. The van der Waals surface area contributed by atoms with Crippen molar-refractivity contribution in [3.8, 4) is 5.75 Å². The zero-order valence-electron chi connectivity index (χ0n) is 12.5. The summed E-state index contributed by atoms with van der Waals surface area (Å²) in [6.45, 7) is 3.08. The average molecular weight is 349 g/mol. The Hall–Kier alpha value is -1.39. The van der Waals surface area contributed by atoms with Gasteiger partial charge in [-0.15, -0.1) is 0 Å². The molecule has 0 saturated carbocycles. The molecule has 0 aliphatic heterocycles. The molecule has 1 heterocycles. The molecular formula is C17H21BrN2O. The third-order valence-electron chi connectivity index (χ3n) is 3.40. The molecule has 1 atom stereocenters. The van der Waals surface area contributed by atoms with Crippen molar-refractivity contribution in [3.63, 3.8) is 0 Å². The van der Waals surface area contributed by atoms with Crippen molar-refractivity contribution in [3.05, 3.63) is 58.3 Å². The van der Waals surface area contributed by atoms with Gasteiger partial charge in [-0.1, -0.05) is 25.1 Å². The molecule has 2 rings (SSSR count). The van der Waals surface area contributed by atoms with Gasteiger partial charge in [-0.05, 0) is 58.6 Å². The Morgan fingerprint density at radius 1 is 1.24 bits per heavy atom. The fourth-order valence-electron chi connectivity index (χ4n) is 2.49. The SMILES string of the molecule is CCNC(Cc1cncc(Br)c1)Cc1ccccc1OC. The molecule has 0 amide bonds. The van der Waals surface area contributed by atoms with Crippen LogP contribution in [0.15, 0.2) is 47.2 Å². The van der Waals surface area contributed by atoms with E-state index in [4.69, 9.17) is 4.74 Å². The quantitative estimate of drug-likeness (QED) is 0.829. The van der Waals surface area contributed by atoms with E-state index in [9.17, 15) is 0 Å². The van der Waals surface area contributed by atoms with Crippen LogP contribution in [0, 0.1) is 0 Å². The van der Waals surface area contributed by atoms with Gasteiger partial charge in [-0.2, -0.15) is 0 Å². The molecule has 1 aromatic heterocycles. The number of halogens is 1. The van der Waals surface area contributed by atoms with Crippen molar-refractivity contribution < 1.29 is 4.74 Å². The Morgan fingerprint density at radius 3 is 2.76 bits per heavy atom. The molecule has 0 fully saturated rings. The molecule has 0 bridgehead atoms. The first-order valence-electron chi connectivity index (χ1n) is 7.17. The highest BCUT2D eigenvalue weighted by Crippen LogP contribution is 2.20. The van der Waals surface area contributed by atoms with Crippen LogP contribution < -0.4 is 10.1 Å². The second kappa shape index (κ2) is 8.15. The fourth-order valence-corrected chi connectivity index (χ4v) is 2.91. The van der Waals surface area contributed by atoms with Crippen molar-refractivity contribution in [1.29, 1.82) is 0 Å². The van der Waals surface area contributed by atoms with Crippen LogP contribution in [0.5, 0.6) is 5.75 Å².